The molecule has 1 heterocycles. The summed E-state index contributed by atoms with van der Waals surface area (Å²) >= 11 is 0. The Kier molecular flexibility index (Phi) is 7.73. The number of methoxy groups -OCH3 is 1. The third-order valence-corrected chi connectivity index (χ3v) is 4.13. The number of ether oxygens (including phenoxy) is 3. The summed E-state index contributed by atoms with van der Waals surface area (Å²) in [5.41, 5.74) is 2.29. The van der Waals surface area contributed by atoms with Gasteiger partial charge in [-0.05, 0) is 65.7 Å². The van der Waals surface area contributed by atoms with Crippen LogP contribution in [0.25, 0.3) is 11.0 Å². The van der Waals surface area contributed by atoms with Crippen LogP contribution in [-0.2, 0) is 0 Å². The van der Waals surface area contributed by atoms with Crippen molar-refractivity contribution in [1.29, 1.82) is 0 Å². The molecule has 0 aliphatic carbocycles. The molecule has 28 heavy (non-hydrogen) atoms. The Hall–Kier alpha value is -2.69. The van der Waals surface area contributed by atoms with Crippen LogP contribution in [0.1, 0.15) is 47.5 Å². The minimum absolute atomic E-state index is 0.0859. The maximum absolute atomic E-state index is 12.6. The zero-order chi connectivity index (χ0) is 20.7. The van der Waals surface area contributed by atoms with E-state index in [4.69, 9.17) is 18.6 Å². The predicted octanol–water partition coefficient (Wildman–Crippen LogP) is 5.66. The minimum Gasteiger partial charge on any atom is -0.493 e. The Labute approximate surface area is 166 Å². The molecule has 0 N–H and O–H groups in total. The highest BCUT2D eigenvalue weighted by molar-refractivity contribution is 5.89. The molecule has 2 rings (SSSR count). The maximum atomic E-state index is 12.6. The fraction of sp³-hybridized carbons (Fsp3) is 0.435. The largest absolute Gasteiger partial charge is 0.493 e. The Morgan fingerprint density at radius 3 is 2.54 bits per heavy atom. The molecule has 0 radical (unpaired) electrons. The van der Waals surface area contributed by atoms with Crippen LogP contribution < -0.4 is 19.8 Å². The normalized spacial score (nSPS) is 11.6. The highest BCUT2D eigenvalue weighted by atomic mass is 16.5. The fourth-order valence-electron chi connectivity index (χ4n) is 2.75. The Bertz CT molecular complexity index is 914. The Morgan fingerprint density at radius 1 is 1.14 bits per heavy atom. The lowest BCUT2D eigenvalue weighted by atomic mass is 10.1. The monoisotopic (exact) mass is 386 g/mol. The lowest BCUT2D eigenvalue weighted by Crippen LogP contribution is -2.14. The second-order valence-corrected chi connectivity index (χ2v) is 7.23. The fourth-order valence-corrected chi connectivity index (χ4v) is 2.75. The van der Waals surface area contributed by atoms with Crippen molar-refractivity contribution in [2.45, 2.75) is 53.6 Å². The van der Waals surface area contributed by atoms with Gasteiger partial charge in [-0.15, -0.1) is 0 Å². The van der Waals surface area contributed by atoms with Gasteiger partial charge in [-0.1, -0.05) is 23.3 Å². The van der Waals surface area contributed by atoms with Crippen LogP contribution in [-0.4, -0.2) is 19.8 Å². The van der Waals surface area contributed by atoms with Gasteiger partial charge in [0.1, 0.15) is 6.61 Å². The third kappa shape index (κ3) is 5.65. The van der Waals surface area contributed by atoms with Crippen LogP contribution in [0.2, 0.25) is 0 Å². The summed E-state index contributed by atoms with van der Waals surface area (Å²) in [6.45, 7) is 10.3. The van der Waals surface area contributed by atoms with Gasteiger partial charge in [-0.2, -0.15) is 0 Å². The molecule has 152 valence electrons. The van der Waals surface area contributed by atoms with Crippen molar-refractivity contribution in [3.8, 4) is 17.2 Å². The van der Waals surface area contributed by atoms with Crippen LogP contribution in [0, 0.1) is 0 Å². The number of rotatable bonds is 9. The van der Waals surface area contributed by atoms with Crippen molar-refractivity contribution in [3.63, 3.8) is 0 Å². The molecule has 0 spiro atoms. The molecule has 0 unspecified atom stereocenters. The van der Waals surface area contributed by atoms with E-state index in [0.29, 0.717) is 22.5 Å². The highest BCUT2D eigenvalue weighted by Gasteiger charge is 2.20. The first-order chi connectivity index (χ1) is 13.3. The predicted molar refractivity (Wildman–Crippen MR) is 113 cm³/mol. The number of fused-ring (bicyclic) bond motifs is 1. The lowest BCUT2D eigenvalue weighted by molar-refractivity contribution is 0.224. The van der Waals surface area contributed by atoms with Crippen molar-refractivity contribution in [2.75, 3.05) is 13.7 Å². The standard InChI is InChI=1S/C23H30O5/c1-15(2)9-7-10-17(5)13-14-26-22-21(27-16(3)4)18-11-8-12-19(25-6)20(18)28-23(22)24/h8-9,11-13,16H,7,10,14H2,1-6H3/b17-13+. The van der Waals surface area contributed by atoms with Crippen LogP contribution in [0.4, 0.5) is 0 Å². The van der Waals surface area contributed by atoms with Crippen LogP contribution >= 0.6 is 0 Å². The van der Waals surface area contributed by atoms with E-state index in [2.05, 4.69) is 26.8 Å². The summed E-state index contributed by atoms with van der Waals surface area (Å²) < 4.78 is 22.5. The molecule has 2 aromatic rings. The van der Waals surface area contributed by atoms with E-state index in [1.54, 1.807) is 6.07 Å². The van der Waals surface area contributed by atoms with Crippen molar-refractivity contribution >= 4 is 11.0 Å². The molecule has 1 aromatic heterocycles. The second-order valence-electron chi connectivity index (χ2n) is 7.23. The molecule has 1 aromatic carbocycles. The Morgan fingerprint density at radius 2 is 1.89 bits per heavy atom. The molecule has 5 nitrogen and oxygen atoms in total. The van der Waals surface area contributed by atoms with E-state index in [1.165, 1.54) is 18.3 Å². The average Bonchev–Trinajstić information content (AvgIpc) is 2.62. The van der Waals surface area contributed by atoms with E-state index < -0.39 is 5.63 Å². The molecule has 0 atom stereocenters. The molecule has 0 aliphatic heterocycles. The number of benzene rings is 1. The number of hydrogen-bond acceptors (Lipinski definition) is 5. The minimum atomic E-state index is -0.580. The summed E-state index contributed by atoms with van der Waals surface area (Å²) in [5.74, 6) is 0.948. The van der Waals surface area contributed by atoms with Gasteiger partial charge in [0.15, 0.2) is 17.1 Å². The molecule has 0 fully saturated rings. The molecule has 0 aliphatic rings. The molecule has 0 amide bonds. The molecule has 0 bridgehead atoms. The topological polar surface area (TPSA) is 57.9 Å². The first-order valence-electron chi connectivity index (χ1n) is 9.55. The summed E-state index contributed by atoms with van der Waals surface area (Å²) in [4.78, 5) is 12.6. The molecular formula is C23H30O5. The summed E-state index contributed by atoms with van der Waals surface area (Å²) in [7, 11) is 1.53. The summed E-state index contributed by atoms with van der Waals surface area (Å²) in [6.07, 6.45) is 6.00. The maximum Gasteiger partial charge on any atom is 0.383 e. The third-order valence-electron chi connectivity index (χ3n) is 4.13. The zero-order valence-electron chi connectivity index (χ0n) is 17.6. The van der Waals surface area contributed by atoms with Gasteiger partial charge in [-0.25, -0.2) is 4.79 Å². The first kappa shape index (κ1) is 21.6. The van der Waals surface area contributed by atoms with E-state index in [9.17, 15) is 4.79 Å². The quantitative estimate of drug-likeness (QED) is 0.411. The summed E-state index contributed by atoms with van der Waals surface area (Å²) in [5, 5.41) is 0.645. The molecular weight excluding hydrogens is 356 g/mol. The number of para-hydroxylation sites is 1. The van der Waals surface area contributed by atoms with Gasteiger partial charge < -0.3 is 18.6 Å². The smallest absolute Gasteiger partial charge is 0.383 e. The van der Waals surface area contributed by atoms with Gasteiger partial charge in [0.2, 0.25) is 5.75 Å². The summed E-state index contributed by atoms with van der Waals surface area (Å²) in [6, 6.07) is 5.39. The average molecular weight is 386 g/mol. The molecule has 0 saturated heterocycles. The van der Waals surface area contributed by atoms with Gasteiger partial charge >= 0.3 is 5.63 Å². The second kappa shape index (κ2) is 10.0. The SMILES string of the molecule is COc1cccc2c(OC(C)C)c(OC/C=C(\C)CCC=C(C)C)c(=O)oc12. The van der Waals surface area contributed by atoms with Gasteiger partial charge in [-0.3, -0.25) is 0 Å². The van der Waals surface area contributed by atoms with Crippen LogP contribution in [0.15, 0.2) is 50.7 Å². The highest BCUT2D eigenvalue weighted by Crippen LogP contribution is 2.37. The number of hydrogen-bond donors (Lipinski definition) is 0. The van der Waals surface area contributed by atoms with Crippen LogP contribution in [0.5, 0.6) is 17.2 Å². The van der Waals surface area contributed by atoms with E-state index >= 15 is 0 Å². The number of allylic oxidation sites excluding steroid dienone is 3. The van der Waals surface area contributed by atoms with Gasteiger partial charge in [0, 0.05) is 0 Å². The van der Waals surface area contributed by atoms with Gasteiger partial charge in [0.05, 0.1) is 18.6 Å². The van der Waals surface area contributed by atoms with E-state index in [-0.39, 0.29) is 18.5 Å². The van der Waals surface area contributed by atoms with Crippen molar-refractivity contribution in [2.24, 2.45) is 0 Å². The van der Waals surface area contributed by atoms with Crippen LogP contribution in [0.3, 0.4) is 0 Å². The van der Waals surface area contributed by atoms with Gasteiger partial charge in [0.25, 0.3) is 0 Å². The Balaban J connectivity index is 2.32. The first-order valence-corrected chi connectivity index (χ1v) is 9.55. The lowest BCUT2D eigenvalue weighted by Gasteiger charge is -2.16. The van der Waals surface area contributed by atoms with Crippen molar-refractivity contribution < 1.29 is 18.6 Å². The zero-order valence-corrected chi connectivity index (χ0v) is 17.6. The van der Waals surface area contributed by atoms with E-state index in [1.807, 2.05) is 32.1 Å². The van der Waals surface area contributed by atoms with Crippen molar-refractivity contribution in [1.82, 2.24) is 0 Å². The molecule has 5 heteroatoms. The van der Waals surface area contributed by atoms with E-state index in [0.717, 1.165) is 12.8 Å². The molecule has 0 saturated carbocycles. The van der Waals surface area contributed by atoms with Crippen molar-refractivity contribution in [3.05, 3.63) is 51.9 Å².